The summed E-state index contributed by atoms with van der Waals surface area (Å²) in [5.41, 5.74) is 0.811. The number of hydrogen-bond acceptors (Lipinski definition) is 3. The number of ether oxygens (including phenoxy) is 1. The normalized spacial score (nSPS) is 15.2. The molecule has 2 aromatic carbocycles. The SMILES string of the molecule is O=C(O)C[C@@H](NC(=O)COCC1CC1)c1cccc2ccccc12. The number of rotatable bonds is 8. The van der Waals surface area contributed by atoms with Crippen LogP contribution in [-0.4, -0.2) is 30.2 Å². The summed E-state index contributed by atoms with van der Waals surface area (Å²) >= 11 is 0. The van der Waals surface area contributed by atoms with E-state index in [0.29, 0.717) is 12.5 Å². The second kappa shape index (κ2) is 7.45. The van der Waals surface area contributed by atoms with Gasteiger partial charge in [0.15, 0.2) is 0 Å². The van der Waals surface area contributed by atoms with E-state index >= 15 is 0 Å². The Kier molecular flexibility index (Phi) is 5.11. The lowest BCUT2D eigenvalue weighted by Crippen LogP contribution is -2.33. The number of fused-ring (bicyclic) bond motifs is 1. The first-order valence-electron chi connectivity index (χ1n) is 8.20. The number of carboxylic acids is 1. The third-order valence-corrected chi connectivity index (χ3v) is 4.20. The molecular weight excluding hydrogens is 306 g/mol. The molecule has 5 nitrogen and oxygen atoms in total. The van der Waals surface area contributed by atoms with Crippen LogP contribution in [0, 0.1) is 5.92 Å². The Balaban J connectivity index is 1.74. The van der Waals surface area contributed by atoms with Crippen molar-refractivity contribution in [1.82, 2.24) is 5.32 Å². The second-order valence-corrected chi connectivity index (χ2v) is 6.24. The van der Waals surface area contributed by atoms with E-state index in [-0.39, 0.29) is 18.9 Å². The van der Waals surface area contributed by atoms with Crippen molar-refractivity contribution in [2.45, 2.75) is 25.3 Å². The van der Waals surface area contributed by atoms with Gasteiger partial charge in [-0.2, -0.15) is 0 Å². The molecule has 24 heavy (non-hydrogen) atoms. The average Bonchev–Trinajstić information content (AvgIpc) is 3.37. The highest BCUT2D eigenvalue weighted by atomic mass is 16.5. The summed E-state index contributed by atoms with van der Waals surface area (Å²) in [5.74, 6) is -0.646. The maximum absolute atomic E-state index is 12.1. The summed E-state index contributed by atoms with van der Waals surface area (Å²) in [4.78, 5) is 23.3. The Labute approximate surface area is 140 Å². The van der Waals surface area contributed by atoms with Crippen LogP contribution in [0.25, 0.3) is 10.8 Å². The van der Waals surface area contributed by atoms with Crippen molar-refractivity contribution in [1.29, 1.82) is 0 Å². The van der Waals surface area contributed by atoms with E-state index in [2.05, 4.69) is 5.32 Å². The summed E-state index contributed by atoms with van der Waals surface area (Å²) in [5, 5.41) is 14.0. The van der Waals surface area contributed by atoms with Crippen LogP contribution in [0.15, 0.2) is 42.5 Å². The first-order chi connectivity index (χ1) is 11.6. The van der Waals surface area contributed by atoms with Crippen LogP contribution in [0.4, 0.5) is 0 Å². The van der Waals surface area contributed by atoms with Crippen molar-refractivity contribution in [3.63, 3.8) is 0 Å². The number of carbonyl (C=O) groups is 2. The predicted octanol–water partition coefficient (Wildman–Crippen LogP) is 2.90. The summed E-state index contributed by atoms with van der Waals surface area (Å²) in [6.07, 6.45) is 2.17. The average molecular weight is 327 g/mol. The molecule has 0 aromatic heterocycles. The zero-order valence-electron chi connectivity index (χ0n) is 13.4. The molecule has 1 saturated carbocycles. The van der Waals surface area contributed by atoms with Crippen LogP contribution in [0.3, 0.4) is 0 Å². The molecule has 0 saturated heterocycles. The van der Waals surface area contributed by atoms with Crippen molar-refractivity contribution in [2.75, 3.05) is 13.2 Å². The number of amides is 1. The van der Waals surface area contributed by atoms with Crippen LogP contribution in [0.2, 0.25) is 0 Å². The van der Waals surface area contributed by atoms with Gasteiger partial charge in [0.25, 0.3) is 0 Å². The molecule has 0 heterocycles. The molecular formula is C19H21NO4. The smallest absolute Gasteiger partial charge is 0.305 e. The predicted molar refractivity (Wildman–Crippen MR) is 90.6 cm³/mol. The first-order valence-corrected chi connectivity index (χ1v) is 8.20. The van der Waals surface area contributed by atoms with Crippen molar-refractivity contribution in [3.8, 4) is 0 Å². The number of carboxylic acid groups (broad SMARTS) is 1. The molecule has 3 rings (SSSR count). The topological polar surface area (TPSA) is 75.6 Å². The van der Waals surface area contributed by atoms with Crippen LogP contribution in [0.1, 0.15) is 30.9 Å². The molecule has 126 valence electrons. The van der Waals surface area contributed by atoms with E-state index < -0.39 is 12.0 Å². The summed E-state index contributed by atoms with van der Waals surface area (Å²) in [7, 11) is 0. The molecule has 0 spiro atoms. The van der Waals surface area contributed by atoms with Gasteiger partial charge in [0.05, 0.1) is 19.1 Å². The summed E-state index contributed by atoms with van der Waals surface area (Å²) in [6.45, 7) is 0.572. The van der Waals surface area contributed by atoms with Crippen molar-refractivity contribution in [3.05, 3.63) is 48.0 Å². The van der Waals surface area contributed by atoms with Gasteiger partial charge in [-0.15, -0.1) is 0 Å². The quantitative estimate of drug-likeness (QED) is 0.782. The van der Waals surface area contributed by atoms with Gasteiger partial charge >= 0.3 is 5.97 Å². The highest BCUT2D eigenvalue weighted by Gasteiger charge is 2.23. The van der Waals surface area contributed by atoms with E-state index in [4.69, 9.17) is 4.74 Å². The number of hydrogen-bond donors (Lipinski definition) is 2. The van der Waals surface area contributed by atoms with Gasteiger partial charge in [-0.1, -0.05) is 42.5 Å². The Bertz CT molecular complexity index is 734. The minimum atomic E-state index is -0.952. The third-order valence-electron chi connectivity index (χ3n) is 4.20. The summed E-state index contributed by atoms with van der Waals surface area (Å²) < 4.78 is 5.39. The number of aliphatic carboxylic acids is 1. The van der Waals surface area contributed by atoms with Crippen LogP contribution in [-0.2, 0) is 14.3 Å². The number of nitrogens with one attached hydrogen (secondary N) is 1. The van der Waals surface area contributed by atoms with Gasteiger partial charge in [-0.05, 0) is 35.1 Å². The molecule has 5 heteroatoms. The molecule has 0 aliphatic heterocycles. The van der Waals surface area contributed by atoms with Gasteiger partial charge in [0, 0.05) is 0 Å². The Hall–Kier alpha value is -2.40. The highest BCUT2D eigenvalue weighted by molar-refractivity contribution is 5.87. The van der Waals surface area contributed by atoms with Gasteiger partial charge in [-0.25, -0.2) is 0 Å². The molecule has 0 unspecified atom stereocenters. The maximum Gasteiger partial charge on any atom is 0.305 e. The van der Waals surface area contributed by atoms with Crippen LogP contribution < -0.4 is 5.32 Å². The highest BCUT2D eigenvalue weighted by Crippen LogP contribution is 2.29. The lowest BCUT2D eigenvalue weighted by Gasteiger charge is -2.19. The second-order valence-electron chi connectivity index (χ2n) is 6.24. The largest absolute Gasteiger partial charge is 0.481 e. The fraction of sp³-hybridized carbons (Fsp3) is 0.368. The van der Waals surface area contributed by atoms with Crippen LogP contribution >= 0.6 is 0 Å². The molecule has 1 atom stereocenters. The minimum absolute atomic E-state index is 0.0304. The fourth-order valence-electron chi connectivity index (χ4n) is 2.81. The molecule has 1 fully saturated rings. The van der Waals surface area contributed by atoms with E-state index in [1.54, 1.807) is 0 Å². The van der Waals surface area contributed by atoms with E-state index in [1.807, 2.05) is 42.5 Å². The molecule has 0 radical (unpaired) electrons. The zero-order valence-corrected chi connectivity index (χ0v) is 13.4. The number of benzene rings is 2. The molecule has 2 N–H and O–H groups in total. The minimum Gasteiger partial charge on any atom is -0.481 e. The third kappa shape index (κ3) is 4.32. The Morgan fingerprint density at radius 3 is 2.67 bits per heavy atom. The van der Waals surface area contributed by atoms with Gasteiger partial charge in [0.2, 0.25) is 5.91 Å². The lowest BCUT2D eigenvalue weighted by molar-refractivity contribution is -0.138. The first kappa shape index (κ1) is 16.5. The summed E-state index contributed by atoms with van der Waals surface area (Å²) in [6, 6.07) is 12.9. The Morgan fingerprint density at radius 2 is 1.92 bits per heavy atom. The molecule has 2 aromatic rings. The van der Waals surface area contributed by atoms with Crippen LogP contribution in [0.5, 0.6) is 0 Å². The monoisotopic (exact) mass is 327 g/mol. The lowest BCUT2D eigenvalue weighted by atomic mass is 9.96. The van der Waals surface area contributed by atoms with Gasteiger partial charge in [-0.3, -0.25) is 9.59 Å². The standard InChI is InChI=1S/C19H21NO4/c21-18(12-24-11-13-8-9-13)20-17(10-19(22)23)16-7-3-5-14-4-1-2-6-15(14)16/h1-7,13,17H,8-12H2,(H,20,21)(H,22,23)/t17-/m1/s1. The molecule has 1 aliphatic carbocycles. The number of carbonyl (C=O) groups excluding carboxylic acids is 1. The van der Waals surface area contributed by atoms with Gasteiger partial charge < -0.3 is 15.2 Å². The van der Waals surface area contributed by atoms with E-state index in [1.165, 1.54) is 12.8 Å². The van der Waals surface area contributed by atoms with E-state index in [9.17, 15) is 14.7 Å². The molecule has 1 aliphatic rings. The molecule has 0 bridgehead atoms. The maximum atomic E-state index is 12.1. The fourth-order valence-corrected chi connectivity index (χ4v) is 2.81. The molecule has 1 amide bonds. The van der Waals surface area contributed by atoms with Crippen molar-refractivity contribution in [2.24, 2.45) is 5.92 Å². The zero-order chi connectivity index (χ0) is 16.9. The van der Waals surface area contributed by atoms with Crippen molar-refractivity contribution >= 4 is 22.6 Å². The van der Waals surface area contributed by atoms with Gasteiger partial charge in [0.1, 0.15) is 6.61 Å². The Morgan fingerprint density at radius 1 is 1.17 bits per heavy atom. The van der Waals surface area contributed by atoms with E-state index in [0.717, 1.165) is 16.3 Å². The van der Waals surface area contributed by atoms with Crippen molar-refractivity contribution < 1.29 is 19.4 Å².